The highest BCUT2D eigenvalue weighted by Gasteiger charge is 2.29. The van der Waals surface area contributed by atoms with Gasteiger partial charge in [-0.25, -0.2) is 0 Å². The number of esters is 1. The van der Waals surface area contributed by atoms with E-state index in [0.717, 1.165) is 16.8 Å². The lowest BCUT2D eigenvalue weighted by Crippen LogP contribution is -2.11. The van der Waals surface area contributed by atoms with Crippen LogP contribution in [0.1, 0.15) is 55.5 Å². The number of ether oxygens (including phenoxy) is 2. The summed E-state index contributed by atoms with van der Waals surface area (Å²) in [7, 11) is 0. The van der Waals surface area contributed by atoms with Crippen molar-refractivity contribution in [3.8, 4) is 11.4 Å². The first-order valence-electron chi connectivity index (χ1n) is 11.1. The van der Waals surface area contributed by atoms with Crippen LogP contribution in [0.3, 0.4) is 0 Å². The lowest BCUT2D eigenvalue weighted by Gasteiger charge is -2.15. The van der Waals surface area contributed by atoms with E-state index < -0.39 is 6.04 Å². The summed E-state index contributed by atoms with van der Waals surface area (Å²) in [4.78, 5) is 28.7. The van der Waals surface area contributed by atoms with Gasteiger partial charge in [0.2, 0.25) is 0 Å². The maximum atomic E-state index is 12.1. The average molecular weight is 481 g/mol. The second-order valence-corrected chi connectivity index (χ2v) is 8.37. The Balaban J connectivity index is 1.81. The number of hydrogen-bond donors (Lipinski definition) is 0. The maximum Gasteiger partial charge on any atom is 0.309 e. The van der Waals surface area contributed by atoms with Gasteiger partial charge < -0.3 is 9.47 Å². The van der Waals surface area contributed by atoms with Gasteiger partial charge in [-0.15, -0.1) is 10.2 Å². The molecule has 0 saturated carbocycles. The molecule has 4 rings (SSSR count). The van der Waals surface area contributed by atoms with Gasteiger partial charge in [0.05, 0.1) is 31.0 Å². The number of carbonyl (C=O) groups excluding carboxylic acids is 2. The number of aryl methyl sites for hydroxylation is 1. The smallest absolute Gasteiger partial charge is 0.309 e. The van der Waals surface area contributed by atoms with Crippen molar-refractivity contribution in [2.24, 2.45) is 4.99 Å². The van der Waals surface area contributed by atoms with Crippen LogP contribution in [0.15, 0.2) is 47.5 Å². The third kappa shape index (κ3) is 5.02. The predicted octanol–water partition coefficient (Wildman–Crippen LogP) is 4.43. The molecule has 9 heteroatoms. The summed E-state index contributed by atoms with van der Waals surface area (Å²) in [6.07, 6.45) is 0.352. The van der Waals surface area contributed by atoms with Gasteiger partial charge in [0.25, 0.3) is 0 Å². The van der Waals surface area contributed by atoms with Crippen molar-refractivity contribution >= 4 is 29.1 Å². The standard InChI is InChI=1S/C25H25ClN4O4/c1-4-33-23(32)11-12-34-19-9-10-22-20(14-19)24(17-5-7-18(26)8-6-17)27-21(13-15(2)31)25-29-28-16(3)30(22)25/h5-10,14,21H,4,11-13H2,1-3H3/t21-/m0/s1. The van der Waals surface area contributed by atoms with Crippen LogP contribution in [0.4, 0.5) is 0 Å². The molecule has 0 unspecified atom stereocenters. The first-order valence-corrected chi connectivity index (χ1v) is 11.4. The van der Waals surface area contributed by atoms with Crippen molar-refractivity contribution in [3.63, 3.8) is 0 Å². The van der Waals surface area contributed by atoms with Gasteiger partial charge in [-0.2, -0.15) is 0 Å². The van der Waals surface area contributed by atoms with Crippen LogP contribution in [0.5, 0.6) is 5.75 Å². The van der Waals surface area contributed by atoms with Gasteiger partial charge in [-0.1, -0.05) is 23.7 Å². The Bertz CT molecular complexity index is 1250. The molecule has 2 heterocycles. The van der Waals surface area contributed by atoms with Crippen molar-refractivity contribution in [2.45, 2.75) is 39.7 Å². The summed E-state index contributed by atoms with van der Waals surface area (Å²) in [5, 5.41) is 9.21. The number of fused-ring (bicyclic) bond motifs is 3. The van der Waals surface area contributed by atoms with Crippen LogP contribution in [0, 0.1) is 6.92 Å². The molecule has 1 aliphatic rings. The monoisotopic (exact) mass is 480 g/mol. The van der Waals surface area contributed by atoms with Crippen molar-refractivity contribution in [3.05, 3.63) is 70.3 Å². The van der Waals surface area contributed by atoms with Crippen molar-refractivity contribution in [2.75, 3.05) is 13.2 Å². The molecule has 1 aliphatic heterocycles. The number of hydrogen-bond acceptors (Lipinski definition) is 7. The minimum absolute atomic E-state index is 0.00496. The average Bonchev–Trinajstić information content (AvgIpc) is 3.12. The summed E-state index contributed by atoms with van der Waals surface area (Å²) in [5.74, 6) is 1.58. The molecule has 3 aromatic rings. The van der Waals surface area contributed by atoms with E-state index in [9.17, 15) is 9.59 Å². The van der Waals surface area contributed by atoms with Crippen molar-refractivity contribution in [1.29, 1.82) is 0 Å². The van der Waals surface area contributed by atoms with Gasteiger partial charge in [-0.05, 0) is 51.1 Å². The molecule has 0 fully saturated rings. The molecule has 0 N–H and O–H groups in total. The first-order chi connectivity index (χ1) is 16.4. The molecule has 0 bridgehead atoms. The van der Waals surface area contributed by atoms with Crippen LogP contribution >= 0.6 is 11.6 Å². The summed E-state index contributed by atoms with van der Waals surface area (Å²) >= 11 is 6.12. The number of benzene rings is 2. The van der Waals surface area contributed by atoms with E-state index in [2.05, 4.69) is 10.2 Å². The van der Waals surface area contributed by atoms with E-state index in [4.69, 9.17) is 26.1 Å². The fourth-order valence-electron chi connectivity index (χ4n) is 3.90. The molecule has 0 spiro atoms. The fraction of sp³-hybridized carbons (Fsp3) is 0.320. The Kier molecular flexibility index (Phi) is 7.07. The van der Waals surface area contributed by atoms with E-state index >= 15 is 0 Å². The molecule has 0 radical (unpaired) electrons. The number of nitrogens with zero attached hydrogens (tertiary/aromatic N) is 4. The van der Waals surface area contributed by atoms with Crippen LogP contribution in [-0.2, 0) is 14.3 Å². The third-order valence-corrected chi connectivity index (χ3v) is 5.63. The van der Waals surface area contributed by atoms with E-state index in [-0.39, 0.29) is 31.2 Å². The predicted molar refractivity (Wildman–Crippen MR) is 128 cm³/mol. The van der Waals surface area contributed by atoms with Crippen LogP contribution in [0.2, 0.25) is 5.02 Å². The van der Waals surface area contributed by atoms with Crippen LogP contribution in [0.25, 0.3) is 5.69 Å². The van der Waals surface area contributed by atoms with Gasteiger partial charge in [0, 0.05) is 22.6 Å². The Hall–Kier alpha value is -3.52. The van der Waals surface area contributed by atoms with Gasteiger partial charge in [-0.3, -0.25) is 19.1 Å². The van der Waals surface area contributed by atoms with Gasteiger partial charge in [0.1, 0.15) is 23.4 Å². The Morgan fingerprint density at radius 1 is 1.12 bits per heavy atom. The molecule has 176 valence electrons. The summed E-state index contributed by atoms with van der Waals surface area (Å²) in [6, 6.07) is 12.5. The van der Waals surface area contributed by atoms with Crippen LogP contribution in [-0.4, -0.2) is 45.4 Å². The molecule has 1 aromatic heterocycles. The van der Waals surface area contributed by atoms with Crippen LogP contribution < -0.4 is 4.74 Å². The molecule has 0 amide bonds. The quantitative estimate of drug-likeness (QED) is 0.442. The molecule has 34 heavy (non-hydrogen) atoms. The molecular weight excluding hydrogens is 456 g/mol. The topological polar surface area (TPSA) is 95.7 Å². The largest absolute Gasteiger partial charge is 0.493 e. The van der Waals surface area contributed by atoms with Crippen molar-refractivity contribution in [1.82, 2.24) is 14.8 Å². The SMILES string of the molecule is CCOC(=O)CCOc1ccc2c(c1)C(c1ccc(Cl)cc1)=N[C@@H](CC(C)=O)c1nnc(C)n1-2. The highest BCUT2D eigenvalue weighted by molar-refractivity contribution is 6.30. The third-order valence-electron chi connectivity index (χ3n) is 5.38. The van der Waals surface area contributed by atoms with E-state index in [1.54, 1.807) is 26.0 Å². The maximum absolute atomic E-state index is 12.1. The highest BCUT2D eigenvalue weighted by atomic mass is 35.5. The van der Waals surface area contributed by atoms with Gasteiger partial charge in [0.15, 0.2) is 5.82 Å². The summed E-state index contributed by atoms with van der Waals surface area (Å²) in [5.41, 5.74) is 3.17. The van der Waals surface area contributed by atoms with E-state index in [1.165, 1.54) is 0 Å². The van der Waals surface area contributed by atoms with E-state index in [1.807, 2.05) is 41.8 Å². The fourth-order valence-corrected chi connectivity index (χ4v) is 4.02. The zero-order valence-electron chi connectivity index (χ0n) is 19.2. The number of ketones is 1. The normalized spacial score (nSPS) is 14.5. The molecule has 2 aromatic carbocycles. The number of carbonyl (C=O) groups is 2. The zero-order chi connectivity index (χ0) is 24.2. The summed E-state index contributed by atoms with van der Waals surface area (Å²) in [6.45, 7) is 5.69. The number of aromatic nitrogens is 3. The summed E-state index contributed by atoms with van der Waals surface area (Å²) < 4.78 is 12.7. The Morgan fingerprint density at radius 3 is 2.59 bits per heavy atom. The number of aliphatic imine (C=N–C) groups is 1. The van der Waals surface area contributed by atoms with Gasteiger partial charge >= 0.3 is 5.97 Å². The molecule has 0 saturated heterocycles. The second kappa shape index (κ2) is 10.2. The highest BCUT2D eigenvalue weighted by Crippen LogP contribution is 2.34. The first kappa shape index (κ1) is 23.6. The number of Topliss-reactive ketones (excluding diaryl/α,β-unsaturated/α-hetero) is 1. The molecule has 1 atom stereocenters. The molecule has 0 aliphatic carbocycles. The second-order valence-electron chi connectivity index (χ2n) is 7.93. The Morgan fingerprint density at radius 2 is 1.88 bits per heavy atom. The number of rotatable bonds is 8. The van der Waals surface area contributed by atoms with E-state index in [0.29, 0.717) is 34.7 Å². The minimum atomic E-state index is -0.495. The van der Waals surface area contributed by atoms with Crippen molar-refractivity contribution < 1.29 is 19.1 Å². The Labute approximate surface area is 202 Å². The minimum Gasteiger partial charge on any atom is -0.493 e. The lowest BCUT2D eigenvalue weighted by atomic mass is 10.00. The lowest BCUT2D eigenvalue weighted by molar-refractivity contribution is -0.143. The zero-order valence-corrected chi connectivity index (χ0v) is 20.0. The molecule has 8 nitrogen and oxygen atoms in total. The number of halogens is 1. The molecular formula is C25H25ClN4O4.